The van der Waals surface area contributed by atoms with Crippen molar-refractivity contribution in [2.75, 3.05) is 0 Å². The summed E-state index contributed by atoms with van der Waals surface area (Å²) in [7, 11) is 0. The molecule has 0 saturated heterocycles. The number of aryl methyl sites for hydroxylation is 1. The zero-order valence-corrected chi connectivity index (χ0v) is 7.91. The van der Waals surface area contributed by atoms with Crippen LogP contribution in [0.5, 0.6) is 0 Å². The smallest absolute Gasteiger partial charge is 0.256 e. The van der Waals surface area contributed by atoms with Gasteiger partial charge in [0.1, 0.15) is 0 Å². The highest BCUT2D eigenvalue weighted by atomic mass is 32.1. The topological polar surface area (TPSA) is 34.9 Å². The molecule has 4 heteroatoms. The summed E-state index contributed by atoms with van der Waals surface area (Å²) in [5, 5.41) is 2.57. The van der Waals surface area contributed by atoms with E-state index in [9.17, 15) is 4.79 Å². The Bertz CT molecular complexity index is 459. The second kappa shape index (κ2) is 3.14. The van der Waals surface area contributed by atoms with Crippen molar-refractivity contribution in [2.24, 2.45) is 0 Å². The van der Waals surface area contributed by atoms with Crippen LogP contribution in [0.2, 0.25) is 0 Å². The molecule has 0 aliphatic carbocycles. The molecule has 0 unspecified atom stereocenters. The van der Waals surface area contributed by atoms with Crippen LogP contribution in [0.3, 0.4) is 0 Å². The molecule has 3 nitrogen and oxygen atoms in total. The summed E-state index contributed by atoms with van der Waals surface area (Å²) in [5.74, 6) is 0. The number of rotatable bonds is 1. The summed E-state index contributed by atoms with van der Waals surface area (Å²) in [6.45, 7) is 1.95. The van der Waals surface area contributed by atoms with Crippen molar-refractivity contribution in [1.82, 2.24) is 9.55 Å². The monoisotopic (exact) mass is 192 g/mol. The molecule has 2 aromatic heterocycles. The van der Waals surface area contributed by atoms with Crippen LogP contribution in [-0.2, 0) is 0 Å². The minimum absolute atomic E-state index is 0.0412. The second-order valence-corrected chi connectivity index (χ2v) is 3.60. The van der Waals surface area contributed by atoms with Crippen molar-refractivity contribution in [3.05, 3.63) is 45.8 Å². The molecule has 13 heavy (non-hydrogen) atoms. The van der Waals surface area contributed by atoms with E-state index in [0.717, 1.165) is 5.56 Å². The second-order valence-electron chi connectivity index (χ2n) is 2.73. The molecule has 2 heterocycles. The average molecular weight is 192 g/mol. The van der Waals surface area contributed by atoms with Gasteiger partial charge in [0.2, 0.25) is 0 Å². The molecule has 0 fully saturated rings. The zero-order chi connectivity index (χ0) is 9.26. The van der Waals surface area contributed by atoms with Gasteiger partial charge < -0.3 is 0 Å². The standard InChI is InChI=1S/C9H8N2OS/c1-7-2-3-8(12)11(6-7)9-10-4-5-13-9/h2-6H,1H3. The minimum atomic E-state index is -0.0412. The number of hydrogen-bond acceptors (Lipinski definition) is 3. The third-order valence-electron chi connectivity index (χ3n) is 1.68. The maximum absolute atomic E-state index is 11.4. The maximum Gasteiger partial charge on any atom is 0.256 e. The number of aromatic nitrogens is 2. The lowest BCUT2D eigenvalue weighted by molar-refractivity contribution is 0.960. The van der Waals surface area contributed by atoms with Gasteiger partial charge in [0.05, 0.1) is 0 Å². The molecule has 0 N–H and O–H groups in total. The third-order valence-corrected chi connectivity index (χ3v) is 2.46. The molecule has 2 rings (SSSR count). The first-order chi connectivity index (χ1) is 6.27. The Labute approximate surface area is 79.3 Å². The molecular weight excluding hydrogens is 184 g/mol. The molecule has 0 bridgehead atoms. The van der Waals surface area contributed by atoms with Crippen LogP contribution in [0.25, 0.3) is 5.13 Å². The summed E-state index contributed by atoms with van der Waals surface area (Å²) in [5.41, 5.74) is 1.01. The lowest BCUT2D eigenvalue weighted by Crippen LogP contribution is -2.16. The molecule has 0 aromatic carbocycles. The van der Waals surface area contributed by atoms with E-state index >= 15 is 0 Å². The van der Waals surface area contributed by atoms with Crippen molar-refractivity contribution in [3.63, 3.8) is 0 Å². The van der Waals surface area contributed by atoms with Crippen LogP contribution in [0, 0.1) is 6.92 Å². The van der Waals surface area contributed by atoms with E-state index in [1.54, 1.807) is 29.1 Å². The molecular formula is C9H8N2OS. The molecule has 2 aromatic rings. The molecule has 0 radical (unpaired) electrons. The van der Waals surface area contributed by atoms with Crippen LogP contribution in [0.4, 0.5) is 0 Å². The Morgan fingerprint density at radius 1 is 1.46 bits per heavy atom. The van der Waals surface area contributed by atoms with Gasteiger partial charge >= 0.3 is 0 Å². The summed E-state index contributed by atoms with van der Waals surface area (Å²) in [4.78, 5) is 15.5. The van der Waals surface area contributed by atoms with Crippen LogP contribution in [0.15, 0.2) is 34.7 Å². The van der Waals surface area contributed by atoms with Gasteiger partial charge in [0.25, 0.3) is 5.56 Å². The van der Waals surface area contributed by atoms with Crippen molar-refractivity contribution in [1.29, 1.82) is 0 Å². The zero-order valence-electron chi connectivity index (χ0n) is 7.10. The minimum Gasteiger partial charge on any atom is -0.269 e. The molecule has 66 valence electrons. The van der Waals surface area contributed by atoms with Gasteiger partial charge in [-0.1, -0.05) is 6.07 Å². The van der Waals surface area contributed by atoms with Crippen LogP contribution in [-0.4, -0.2) is 9.55 Å². The Balaban J connectivity index is 2.64. The van der Waals surface area contributed by atoms with E-state index < -0.39 is 0 Å². The normalized spacial score (nSPS) is 10.2. The van der Waals surface area contributed by atoms with Gasteiger partial charge in [0.15, 0.2) is 5.13 Å². The Morgan fingerprint density at radius 3 is 3.00 bits per heavy atom. The molecule has 0 aliphatic rings. The van der Waals surface area contributed by atoms with Gasteiger partial charge in [-0.3, -0.25) is 9.36 Å². The first kappa shape index (κ1) is 8.19. The fourth-order valence-electron chi connectivity index (χ4n) is 1.08. The van der Waals surface area contributed by atoms with Gasteiger partial charge in [0, 0.05) is 23.8 Å². The van der Waals surface area contributed by atoms with Gasteiger partial charge in [-0.25, -0.2) is 4.98 Å². The van der Waals surface area contributed by atoms with E-state index in [1.807, 2.05) is 12.3 Å². The average Bonchev–Trinajstić information content (AvgIpc) is 2.61. The summed E-state index contributed by atoms with van der Waals surface area (Å²) >= 11 is 1.45. The summed E-state index contributed by atoms with van der Waals surface area (Å²) in [6.07, 6.45) is 3.48. The first-order valence-corrected chi connectivity index (χ1v) is 4.74. The molecule has 0 saturated carbocycles. The number of thiazole rings is 1. The summed E-state index contributed by atoms with van der Waals surface area (Å²) < 4.78 is 1.56. The Morgan fingerprint density at radius 2 is 2.31 bits per heavy atom. The fraction of sp³-hybridized carbons (Fsp3) is 0.111. The predicted octanol–water partition coefficient (Wildman–Crippen LogP) is 1.60. The predicted molar refractivity (Wildman–Crippen MR) is 52.4 cm³/mol. The molecule has 0 amide bonds. The van der Waals surface area contributed by atoms with Gasteiger partial charge in [-0.15, -0.1) is 11.3 Å². The molecule has 0 spiro atoms. The van der Waals surface area contributed by atoms with Crippen LogP contribution >= 0.6 is 11.3 Å². The lowest BCUT2D eigenvalue weighted by Gasteiger charge is -2.00. The van der Waals surface area contributed by atoms with E-state index in [0.29, 0.717) is 5.13 Å². The van der Waals surface area contributed by atoms with E-state index in [-0.39, 0.29) is 5.56 Å². The lowest BCUT2D eigenvalue weighted by atomic mass is 10.3. The molecule has 0 aliphatic heterocycles. The van der Waals surface area contributed by atoms with Crippen LogP contribution in [0.1, 0.15) is 5.56 Å². The quantitative estimate of drug-likeness (QED) is 0.688. The van der Waals surface area contributed by atoms with Gasteiger partial charge in [-0.05, 0) is 12.5 Å². The highest BCUT2D eigenvalue weighted by Gasteiger charge is 2.00. The Hall–Kier alpha value is -1.42. The van der Waals surface area contributed by atoms with E-state index in [2.05, 4.69) is 4.98 Å². The number of hydrogen-bond donors (Lipinski definition) is 0. The Kier molecular flexibility index (Phi) is 1.98. The highest BCUT2D eigenvalue weighted by molar-refractivity contribution is 7.12. The molecule has 0 atom stereocenters. The number of pyridine rings is 1. The van der Waals surface area contributed by atoms with Gasteiger partial charge in [-0.2, -0.15) is 0 Å². The maximum atomic E-state index is 11.4. The largest absolute Gasteiger partial charge is 0.269 e. The fourth-order valence-corrected chi connectivity index (χ4v) is 1.70. The highest BCUT2D eigenvalue weighted by Crippen LogP contribution is 2.08. The van der Waals surface area contributed by atoms with Crippen molar-refractivity contribution >= 4 is 11.3 Å². The van der Waals surface area contributed by atoms with E-state index in [4.69, 9.17) is 0 Å². The number of nitrogens with zero attached hydrogens (tertiary/aromatic N) is 2. The van der Waals surface area contributed by atoms with Crippen molar-refractivity contribution < 1.29 is 0 Å². The van der Waals surface area contributed by atoms with Crippen molar-refractivity contribution in [2.45, 2.75) is 6.92 Å². The van der Waals surface area contributed by atoms with E-state index in [1.165, 1.54) is 11.3 Å². The van der Waals surface area contributed by atoms with Crippen LogP contribution < -0.4 is 5.56 Å². The third kappa shape index (κ3) is 1.53. The van der Waals surface area contributed by atoms with Crippen molar-refractivity contribution in [3.8, 4) is 5.13 Å². The first-order valence-electron chi connectivity index (χ1n) is 3.86. The summed E-state index contributed by atoms with van der Waals surface area (Å²) in [6, 6.07) is 3.35. The SMILES string of the molecule is Cc1ccc(=O)n(-c2nccs2)c1.